The Hall–Kier alpha value is -0.970. The van der Waals surface area contributed by atoms with Gasteiger partial charge < -0.3 is 5.32 Å². The summed E-state index contributed by atoms with van der Waals surface area (Å²) in [5.41, 5.74) is 7.15. The van der Waals surface area contributed by atoms with Crippen LogP contribution >= 0.6 is 23.2 Å². The Balaban J connectivity index is 1.81. The third-order valence-electron chi connectivity index (χ3n) is 2.38. The van der Waals surface area contributed by atoms with E-state index >= 15 is 0 Å². The van der Waals surface area contributed by atoms with E-state index in [1.807, 2.05) is 12.1 Å². The summed E-state index contributed by atoms with van der Waals surface area (Å²) >= 11 is 11.8. The third kappa shape index (κ3) is 3.77. The van der Waals surface area contributed by atoms with Crippen LogP contribution in [0.4, 0.5) is 0 Å². The Morgan fingerprint density at radius 3 is 2.88 bits per heavy atom. The van der Waals surface area contributed by atoms with Crippen LogP contribution in [0.2, 0.25) is 10.0 Å². The van der Waals surface area contributed by atoms with Gasteiger partial charge in [0.1, 0.15) is 0 Å². The molecule has 0 bridgehead atoms. The molecule has 3 N–H and O–H groups in total. The SMILES string of the molecule is Clc1ccc(CNNC2=NCCCN2)cc1Cl. The van der Waals surface area contributed by atoms with Gasteiger partial charge in [-0.3, -0.25) is 10.4 Å². The number of benzene rings is 1. The van der Waals surface area contributed by atoms with Crippen molar-refractivity contribution in [2.45, 2.75) is 13.0 Å². The molecule has 1 aromatic rings. The van der Waals surface area contributed by atoms with E-state index in [-0.39, 0.29) is 0 Å². The highest BCUT2D eigenvalue weighted by atomic mass is 35.5. The van der Waals surface area contributed by atoms with Crippen LogP contribution in [0.1, 0.15) is 12.0 Å². The van der Waals surface area contributed by atoms with E-state index in [9.17, 15) is 0 Å². The molecule has 0 radical (unpaired) electrons. The van der Waals surface area contributed by atoms with E-state index < -0.39 is 0 Å². The fourth-order valence-corrected chi connectivity index (χ4v) is 1.82. The monoisotopic (exact) mass is 272 g/mol. The van der Waals surface area contributed by atoms with Gasteiger partial charge in [-0.05, 0) is 24.1 Å². The first-order valence-electron chi connectivity index (χ1n) is 5.47. The summed E-state index contributed by atoms with van der Waals surface area (Å²) < 4.78 is 0. The lowest BCUT2D eigenvalue weighted by atomic mass is 10.2. The molecule has 1 aliphatic heterocycles. The van der Waals surface area contributed by atoms with Crippen LogP contribution in [0, 0.1) is 0 Å². The fourth-order valence-electron chi connectivity index (χ4n) is 1.50. The van der Waals surface area contributed by atoms with Crippen LogP contribution in [0.5, 0.6) is 0 Å². The summed E-state index contributed by atoms with van der Waals surface area (Å²) in [5.74, 6) is 0.788. The molecule has 0 spiro atoms. The van der Waals surface area contributed by atoms with E-state index in [0.717, 1.165) is 31.0 Å². The summed E-state index contributed by atoms with van der Waals surface area (Å²) in [6, 6.07) is 5.56. The van der Waals surface area contributed by atoms with Gasteiger partial charge in [-0.1, -0.05) is 29.3 Å². The van der Waals surface area contributed by atoms with Crippen LogP contribution in [0.3, 0.4) is 0 Å². The molecule has 1 aliphatic rings. The topological polar surface area (TPSA) is 48.5 Å². The van der Waals surface area contributed by atoms with Crippen LogP contribution in [0.15, 0.2) is 23.2 Å². The van der Waals surface area contributed by atoms with Crippen molar-refractivity contribution in [2.75, 3.05) is 13.1 Å². The standard InChI is InChI=1S/C11H14Cl2N4/c12-9-3-2-8(6-10(9)13)7-16-17-11-14-4-1-5-15-11/h2-3,6,16H,1,4-5,7H2,(H2,14,15,17). The van der Waals surface area contributed by atoms with Gasteiger partial charge in [-0.25, -0.2) is 5.43 Å². The van der Waals surface area contributed by atoms with Crippen LogP contribution in [-0.2, 0) is 6.54 Å². The van der Waals surface area contributed by atoms with Crippen molar-refractivity contribution in [1.82, 2.24) is 16.2 Å². The maximum Gasteiger partial charge on any atom is 0.205 e. The summed E-state index contributed by atoms with van der Waals surface area (Å²) in [6.07, 6.45) is 1.08. The van der Waals surface area contributed by atoms with Crippen molar-refractivity contribution in [1.29, 1.82) is 0 Å². The zero-order valence-corrected chi connectivity index (χ0v) is 10.8. The van der Waals surface area contributed by atoms with Crippen LogP contribution in [0.25, 0.3) is 0 Å². The van der Waals surface area contributed by atoms with Crippen molar-refractivity contribution in [3.63, 3.8) is 0 Å². The quantitative estimate of drug-likeness (QED) is 0.738. The van der Waals surface area contributed by atoms with Gasteiger partial charge in [-0.2, -0.15) is 0 Å². The minimum Gasteiger partial charge on any atom is -0.355 e. The molecule has 0 fully saturated rings. The van der Waals surface area contributed by atoms with E-state index in [2.05, 4.69) is 21.2 Å². The normalized spacial score (nSPS) is 15.1. The number of hydrazine groups is 1. The predicted octanol–water partition coefficient (Wildman–Crippen LogP) is 1.94. The molecule has 0 unspecified atom stereocenters. The van der Waals surface area contributed by atoms with Crippen LogP contribution < -0.4 is 16.2 Å². The van der Waals surface area contributed by atoms with Gasteiger partial charge in [0, 0.05) is 19.6 Å². The zero-order valence-electron chi connectivity index (χ0n) is 9.26. The Morgan fingerprint density at radius 2 is 2.18 bits per heavy atom. The van der Waals surface area contributed by atoms with E-state index in [1.165, 1.54) is 0 Å². The lowest BCUT2D eigenvalue weighted by molar-refractivity contribution is 0.610. The molecule has 4 nitrogen and oxygen atoms in total. The molecule has 17 heavy (non-hydrogen) atoms. The van der Waals surface area contributed by atoms with Gasteiger partial charge in [0.05, 0.1) is 10.0 Å². The smallest absolute Gasteiger partial charge is 0.205 e. The number of hydrogen-bond acceptors (Lipinski definition) is 4. The highest BCUT2D eigenvalue weighted by molar-refractivity contribution is 6.42. The fraction of sp³-hybridized carbons (Fsp3) is 0.364. The average Bonchev–Trinajstić information content (AvgIpc) is 2.35. The molecule has 2 rings (SSSR count). The first kappa shape index (κ1) is 12.5. The number of rotatable bonds is 3. The molecule has 1 aromatic carbocycles. The Kier molecular flexibility index (Phi) is 4.48. The second-order valence-electron chi connectivity index (χ2n) is 3.74. The van der Waals surface area contributed by atoms with Crippen molar-refractivity contribution in [3.05, 3.63) is 33.8 Å². The Labute approximate surface area is 110 Å². The number of halogens is 2. The lowest BCUT2D eigenvalue weighted by Crippen LogP contribution is -2.47. The van der Waals surface area contributed by atoms with Gasteiger partial charge in [-0.15, -0.1) is 0 Å². The number of hydrogen-bond donors (Lipinski definition) is 3. The maximum atomic E-state index is 5.93. The van der Waals surface area contributed by atoms with Crippen molar-refractivity contribution >= 4 is 29.2 Å². The highest BCUT2D eigenvalue weighted by Gasteiger charge is 2.03. The summed E-state index contributed by atoms with van der Waals surface area (Å²) in [5, 5.41) is 4.29. The molecule has 0 atom stereocenters. The minimum absolute atomic E-state index is 0.569. The molecule has 6 heteroatoms. The molecule has 0 saturated heterocycles. The predicted molar refractivity (Wildman–Crippen MR) is 71.4 cm³/mol. The molecule has 0 saturated carbocycles. The summed E-state index contributed by atoms with van der Waals surface area (Å²) in [7, 11) is 0. The molecule has 0 amide bonds. The van der Waals surface area contributed by atoms with E-state index in [0.29, 0.717) is 16.6 Å². The second-order valence-corrected chi connectivity index (χ2v) is 4.55. The second kappa shape index (κ2) is 6.10. The van der Waals surface area contributed by atoms with Crippen LogP contribution in [-0.4, -0.2) is 19.0 Å². The first-order chi connectivity index (χ1) is 8.25. The van der Waals surface area contributed by atoms with Gasteiger partial charge in [0.25, 0.3) is 0 Å². The van der Waals surface area contributed by atoms with E-state index in [1.54, 1.807) is 6.07 Å². The Morgan fingerprint density at radius 1 is 1.29 bits per heavy atom. The number of nitrogens with one attached hydrogen (secondary N) is 3. The number of guanidine groups is 1. The highest BCUT2D eigenvalue weighted by Crippen LogP contribution is 2.22. The lowest BCUT2D eigenvalue weighted by Gasteiger charge is -2.16. The van der Waals surface area contributed by atoms with Gasteiger partial charge >= 0.3 is 0 Å². The number of nitrogens with zero attached hydrogens (tertiary/aromatic N) is 1. The largest absolute Gasteiger partial charge is 0.355 e. The number of aliphatic imine (C=N–C) groups is 1. The first-order valence-corrected chi connectivity index (χ1v) is 6.22. The maximum absolute atomic E-state index is 5.93. The summed E-state index contributed by atoms with van der Waals surface area (Å²) in [6.45, 7) is 2.47. The minimum atomic E-state index is 0.569. The van der Waals surface area contributed by atoms with Crippen molar-refractivity contribution < 1.29 is 0 Å². The molecular weight excluding hydrogens is 259 g/mol. The zero-order chi connectivity index (χ0) is 12.1. The molecule has 1 heterocycles. The van der Waals surface area contributed by atoms with Gasteiger partial charge in [0.15, 0.2) is 0 Å². The Bertz CT molecular complexity index is 420. The third-order valence-corrected chi connectivity index (χ3v) is 3.12. The molecule has 0 aromatic heterocycles. The molecular formula is C11H14Cl2N4. The molecule has 0 aliphatic carbocycles. The molecule has 92 valence electrons. The van der Waals surface area contributed by atoms with Crippen molar-refractivity contribution in [3.8, 4) is 0 Å². The van der Waals surface area contributed by atoms with E-state index in [4.69, 9.17) is 23.2 Å². The van der Waals surface area contributed by atoms with Crippen molar-refractivity contribution in [2.24, 2.45) is 4.99 Å². The summed E-state index contributed by atoms with van der Waals surface area (Å²) in [4.78, 5) is 4.28. The van der Waals surface area contributed by atoms with Gasteiger partial charge in [0.2, 0.25) is 5.96 Å². The average molecular weight is 273 g/mol.